The number of nitrogens with zero attached hydrogens (tertiary/aromatic N) is 3. The van der Waals surface area contributed by atoms with E-state index in [-0.39, 0.29) is 17.7 Å². The molecule has 4 aromatic rings. The predicted molar refractivity (Wildman–Crippen MR) is 116 cm³/mol. The van der Waals surface area contributed by atoms with E-state index in [0.29, 0.717) is 16.7 Å². The van der Waals surface area contributed by atoms with Crippen molar-refractivity contribution < 1.29 is 9.32 Å². The Hall–Kier alpha value is -2.64. The highest BCUT2D eigenvalue weighted by atomic mass is 35.5. The van der Waals surface area contributed by atoms with Crippen LogP contribution in [0.5, 0.6) is 0 Å². The van der Waals surface area contributed by atoms with Gasteiger partial charge < -0.3 is 14.4 Å². The van der Waals surface area contributed by atoms with Gasteiger partial charge in [0, 0.05) is 39.0 Å². The molecule has 0 aliphatic carbocycles. The molecule has 8 heteroatoms. The lowest BCUT2D eigenvalue weighted by molar-refractivity contribution is -0.115. The lowest BCUT2D eigenvalue weighted by Crippen LogP contribution is -2.15. The third kappa shape index (κ3) is 4.36. The van der Waals surface area contributed by atoms with Crippen molar-refractivity contribution >= 4 is 44.9 Å². The van der Waals surface area contributed by atoms with Crippen LogP contribution in [0.1, 0.15) is 37.7 Å². The second kappa shape index (κ2) is 7.65. The fourth-order valence-corrected chi connectivity index (χ4v) is 4.25. The first kappa shape index (κ1) is 19.7. The number of fused-ring (bicyclic) bond motifs is 1. The van der Waals surface area contributed by atoms with Crippen LogP contribution in [0.3, 0.4) is 0 Å². The number of rotatable bonds is 5. The van der Waals surface area contributed by atoms with Gasteiger partial charge in [0.25, 0.3) is 0 Å². The molecule has 1 N–H and O–H groups in total. The van der Waals surface area contributed by atoms with Crippen molar-refractivity contribution in [3.63, 3.8) is 0 Å². The highest BCUT2D eigenvalue weighted by Crippen LogP contribution is 2.28. The zero-order chi connectivity index (χ0) is 20.6. The van der Waals surface area contributed by atoms with E-state index < -0.39 is 0 Å². The number of anilines is 1. The van der Waals surface area contributed by atoms with E-state index >= 15 is 0 Å². The summed E-state index contributed by atoms with van der Waals surface area (Å²) in [6.45, 7) is 6.85. The van der Waals surface area contributed by atoms with E-state index in [1.807, 2.05) is 40.4 Å². The molecule has 0 spiro atoms. The van der Waals surface area contributed by atoms with Gasteiger partial charge in [0.2, 0.25) is 5.91 Å². The number of carbonyl (C=O) groups excluding carboxylic acids is 1. The van der Waals surface area contributed by atoms with Gasteiger partial charge in [0.05, 0.1) is 18.7 Å². The summed E-state index contributed by atoms with van der Waals surface area (Å²) in [6, 6.07) is 7.51. The van der Waals surface area contributed by atoms with Gasteiger partial charge in [-0.1, -0.05) is 37.5 Å². The molecule has 150 valence electrons. The Morgan fingerprint density at radius 1 is 1.31 bits per heavy atom. The van der Waals surface area contributed by atoms with E-state index in [2.05, 4.69) is 36.2 Å². The summed E-state index contributed by atoms with van der Waals surface area (Å²) in [4.78, 5) is 17.2. The molecule has 0 aliphatic rings. The van der Waals surface area contributed by atoms with Crippen LogP contribution in [0, 0.1) is 0 Å². The minimum Gasteiger partial charge on any atom is -0.364 e. The van der Waals surface area contributed by atoms with Crippen molar-refractivity contribution in [1.82, 2.24) is 14.7 Å². The Bertz CT molecular complexity index is 1160. The van der Waals surface area contributed by atoms with Gasteiger partial charge in [0.15, 0.2) is 5.13 Å². The number of nitrogens with one attached hydrogen (secondary N) is 1. The summed E-state index contributed by atoms with van der Waals surface area (Å²) in [5.74, 6) is -0.111. The second-order valence-corrected chi connectivity index (χ2v) is 9.24. The Balaban J connectivity index is 1.57. The molecule has 6 nitrogen and oxygen atoms in total. The summed E-state index contributed by atoms with van der Waals surface area (Å²) in [5.41, 5.74) is 3.62. The van der Waals surface area contributed by atoms with Gasteiger partial charge in [-0.2, -0.15) is 0 Å². The van der Waals surface area contributed by atoms with Crippen LogP contribution in [0.4, 0.5) is 5.13 Å². The van der Waals surface area contributed by atoms with Gasteiger partial charge in [-0.15, -0.1) is 11.3 Å². The van der Waals surface area contributed by atoms with Gasteiger partial charge in [0.1, 0.15) is 12.0 Å². The number of carbonyl (C=O) groups is 1. The fourth-order valence-electron chi connectivity index (χ4n) is 3.12. The number of hydrogen-bond donors (Lipinski definition) is 1. The van der Waals surface area contributed by atoms with Gasteiger partial charge in [-0.3, -0.25) is 4.79 Å². The molecule has 0 atom stereocenters. The van der Waals surface area contributed by atoms with Crippen LogP contribution in [0.15, 0.2) is 46.6 Å². The number of amides is 1. The number of hydrogen-bond acceptors (Lipinski definition) is 5. The molecule has 1 amide bonds. The third-order valence-corrected chi connectivity index (χ3v) is 5.61. The van der Waals surface area contributed by atoms with E-state index in [0.717, 1.165) is 27.9 Å². The Morgan fingerprint density at radius 2 is 2.14 bits per heavy atom. The molecule has 0 bridgehead atoms. The summed E-state index contributed by atoms with van der Waals surface area (Å²) >= 11 is 7.65. The van der Waals surface area contributed by atoms with Crippen molar-refractivity contribution in [3.05, 3.63) is 64.1 Å². The molecule has 0 aliphatic heterocycles. The zero-order valence-corrected chi connectivity index (χ0v) is 18.0. The minimum atomic E-state index is -0.111. The smallest absolute Gasteiger partial charge is 0.230 e. The lowest BCUT2D eigenvalue weighted by atomic mass is 9.93. The second-order valence-electron chi connectivity index (χ2n) is 7.95. The van der Waals surface area contributed by atoms with Crippen LogP contribution in [-0.4, -0.2) is 20.6 Å². The maximum absolute atomic E-state index is 12.7. The molecular weight excluding hydrogens is 408 g/mol. The highest BCUT2D eigenvalue weighted by molar-refractivity contribution is 7.13. The average Bonchev–Trinajstić information content (AvgIpc) is 3.37. The number of halogens is 1. The maximum Gasteiger partial charge on any atom is 0.230 e. The van der Waals surface area contributed by atoms with Gasteiger partial charge in [-0.05, 0) is 23.8 Å². The first-order valence-corrected chi connectivity index (χ1v) is 10.5. The predicted octanol–water partition coefficient (Wildman–Crippen LogP) is 5.27. The van der Waals surface area contributed by atoms with E-state index in [1.165, 1.54) is 11.3 Å². The lowest BCUT2D eigenvalue weighted by Gasteiger charge is -2.14. The Labute approximate surface area is 177 Å². The van der Waals surface area contributed by atoms with Crippen molar-refractivity contribution in [2.45, 2.75) is 39.2 Å². The van der Waals surface area contributed by atoms with E-state index in [4.69, 9.17) is 16.1 Å². The Kier molecular flexibility index (Phi) is 5.19. The number of aromatic nitrogens is 3. The molecule has 4 rings (SSSR count). The van der Waals surface area contributed by atoms with Crippen molar-refractivity contribution in [2.24, 2.45) is 0 Å². The van der Waals surface area contributed by atoms with Crippen LogP contribution in [0.25, 0.3) is 10.9 Å². The minimum absolute atomic E-state index is 0.0508. The van der Waals surface area contributed by atoms with E-state index in [9.17, 15) is 4.79 Å². The van der Waals surface area contributed by atoms with Crippen molar-refractivity contribution in [3.8, 4) is 0 Å². The van der Waals surface area contributed by atoms with Crippen LogP contribution in [-0.2, 0) is 23.2 Å². The standard InChI is InChI=1S/C21H21ClN4O2S/c1-21(2,3)18-12-29-20(23-18)24-19(27)8-13-10-26(11-15-6-7-28-25-15)17-5-4-14(22)9-16(13)17/h4-7,9-10,12H,8,11H2,1-3H3,(H,23,24,27). The molecule has 1 aromatic carbocycles. The first-order chi connectivity index (χ1) is 13.8. The van der Waals surface area contributed by atoms with Crippen molar-refractivity contribution in [2.75, 3.05) is 5.32 Å². The summed E-state index contributed by atoms with van der Waals surface area (Å²) < 4.78 is 6.98. The molecule has 3 heterocycles. The highest BCUT2D eigenvalue weighted by Gasteiger charge is 2.19. The third-order valence-electron chi connectivity index (χ3n) is 4.62. The summed E-state index contributed by atoms with van der Waals surface area (Å²) in [6.07, 6.45) is 3.75. The topological polar surface area (TPSA) is 73.0 Å². The van der Waals surface area contributed by atoms with Gasteiger partial charge in [-0.25, -0.2) is 4.98 Å². The molecule has 0 saturated carbocycles. The average molecular weight is 429 g/mol. The maximum atomic E-state index is 12.7. The summed E-state index contributed by atoms with van der Waals surface area (Å²) in [5, 5.41) is 11.1. The van der Waals surface area contributed by atoms with Crippen LogP contribution < -0.4 is 5.32 Å². The zero-order valence-electron chi connectivity index (χ0n) is 16.4. The quantitative estimate of drug-likeness (QED) is 0.470. The van der Waals surface area contributed by atoms with Gasteiger partial charge >= 0.3 is 0 Å². The van der Waals surface area contributed by atoms with E-state index in [1.54, 1.807) is 6.26 Å². The van der Waals surface area contributed by atoms with Crippen molar-refractivity contribution in [1.29, 1.82) is 0 Å². The molecule has 0 radical (unpaired) electrons. The first-order valence-electron chi connectivity index (χ1n) is 9.22. The molecule has 3 aromatic heterocycles. The molecular formula is C21H21ClN4O2S. The molecule has 0 unspecified atom stereocenters. The normalized spacial score (nSPS) is 11.9. The number of benzene rings is 1. The van der Waals surface area contributed by atoms with Crippen LogP contribution >= 0.6 is 22.9 Å². The molecule has 0 saturated heterocycles. The largest absolute Gasteiger partial charge is 0.364 e. The Morgan fingerprint density at radius 3 is 2.83 bits per heavy atom. The molecule has 29 heavy (non-hydrogen) atoms. The SMILES string of the molecule is CC(C)(C)c1csc(NC(=O)Cc2cn(Cc3ccon3)c3ccc(Cl)cc23)n1. The molecule has 0 fully saturated rings. The summed E-state index contributed by atoms with van der Waals surface area (Å²) in [7, 11) is 0. The number of thiazole rings is 1. The van der Waals surface area contributed by atoms with Crippen LogP contribution in [0.2, 0.25) is 5.02 Å². The fraction of sp³-hybridized carbons (Fsp3) is 0.286. The monoisotopic (exact) mass is 428 g/mol.